The fraction of sp³-hybridized carbons (Fsp3) is 0.280. The Morgan fingerprint density at radius 3 is 2.21 bits per heavy atom. The molecule has 9 heteroatoms. The van der Waals surface area contributed by atoms with Crippen molar-refractivity contribution in [3.05, 3.63) is 82.6 Å². The monoisotopic (exact) mass is 484 g/mol. The first kappa shape index (κ1) is 23.8. The van der Waals surface area contributed by atoms with Crippen LogP contribution in [0.15, 0.2) is 58.0 Å². The summed E-state index contributed by atoms with van der Waals surface area (Å²) in [5, 5.41) is 0. The maximum atomic E-state index is 14.1. The number of carbonyl (C=O) groups is 2. The van der Waals surface area contributed by atoms with E-state index in [-0.39, 0.29) is 23.5 Å². The molecule has 0 saturated carbocycles. The molecule has 2 amide bonds. The highest BCUT2D eigenvalue weighted by Crippen LogP contribution is 2.34. The Balaban J connectivity index is 1.83. The van der Waals surface area contributed by atoms with Gasteiger partial charge in [0, 0.05) is 0 Å². The normalized spacial score (nSPS) is 16.6. The molecule has 3 aromatic rings. The number of sulfonamides is 1. The van der Waals surface area contributed by atoms with Crippen molar-refractivity contribution < 1.29 is 26.8 Å². The average molecular weight is 485 g/mol. The van der Waals surface area contributed by atoms with Gasteiger partial charge in [-0.3, -0.25) is 9.59 Å². The third-order valence-corrected chi connectivity index (χ3v) is 8.44. The molecule has 1 aliphatic heterocycles. The molecular weight excluding hydrogens is 459 g/mol. The van der Waals surface area contributed by atoms with Crippen molar-refractivity contribution in [1.82, 2.24) is 4.31 Å². The van der Waals surface area contributed by atoms with Crippen LogP contribution in [0.4, 0.5) is 10.1 Å². The molecule has 1 saturated heterocycles. The summed E-state index contributed by atoms with van der Waals surface area (Å²) in [4.78, 5) is 27.3. The van der Waals surface area contributed by atoms with Gasteiger partial charge in [0.15, 0.2) is 0 Å². The summed E-state index contributed by atoms with van der Waals surface area (Å²) in [6, 6.07) is 8.80. The molecule has 1 aromatic heterocycles. The second-order valence-electron chi connectivity index (χ2n) is 8.48. The number of rotatable bonds is 6. The first-order chi connectivity index (χ1) is 16.0. The minimum atomic E-state index is -4.22. The second kappa shape index (κ2) is 8.81. The van der Waals surface area contributed by atoms with Crippen LogP contribution < -0.4 is 4.90 Å². The topological polar surface area (TPSA) is 87.9 Å². The molecule has 2 heterocycles. The molecule has 0 N–H and O–H groups in total. The number of hydrogen-bond donors (Lipinski definition) is 0. The van der Waals surface area contributed by atoms with Gasteiger partial charge in [0.25, 0.3) is 5.91 Å². The molecule has 178 valence electrons. The lowest BCUT2D eigenvalue weighted by molar-refractivity contribution is -0.122. The molecule has 0 spiro atoms. The summed E-state index contributed by atoms with van der Waals surface area (Å²) < 4.78 is 48.0. The van der Waals surface area contributed by atoms with E-state index >= 15 is 0 Å². The number of aryl methyl sites for hydroxylation is 2. The number of anilines is 1. The number of benzene rings is 2. The third kappa shape index (κ3) is 4.05. The number of halogens is 1. The molecule has 2 aromatic carbocycles. The van der Waals surface area contributed by atoms with E-state index in [2.05, 4.69) is 0 Å². The minimum absolute atomic E-state index is 0.122. The van der Waals surface area contributed by atoms with Gasteiger partial charge in [0.1, 0.15) is 17.6 Å². The Hall–Kier alpha value is -3.30. The van der Waals surface area contributed by atoms with E-state index in [0.29, 0.717) is 16.9 Å². The molecule has 1 aliphatic rings. The number of furan rings is 1. The number of amides is 2. The van der Waals surface area contributed by atoms with Gasteiger partial charge in [-0.2, -0.15) is 4.31 Å². The second-order valence-corrected chi connectivity index (χ2v) is 10.3. The first-order valence-corrected chi connectivity index (χ1v) is 12.2. The summed E-state index contributed by atoms with van der Waals surface area (Å²) in [5.41, 5.74) is 2.97. The largest absolute Gasteiger partial charge is 0.468 e. The lowest BCUT2D eigenvalue weighted by Crippen LogP contribution is -2.45. The van der Waals surface area contributed by atoms with Crippen molar-refractivity contribution in [3.8, 4) is 0 Å². The molecule has 34 heavy (non-hydrogen) atoms. The number of imide groups is 1. The van der Waals surface area contributed by atoms with Crippen LogP contribution in [0.1, 0.15) is 34.4 Å². The fourth-order valence-corrected chi connectivity index (χ4v) is 6.43. The summed E-state index contributed by atoms with van der Waals surface area (Å²) in [5.74, 6) is -1.42. The van der Waals surface area contributed by atoms with Crippen LogP contribution in [-0.4, -0.2) is 30.6 Å². The summed E-state index contributed by atoms with van der Waals surface area (Å²) >= 11 is 0. The van der Waals surface area contributed by atoms with Gasteiger partial charge in [-0.25, -0.2) is 17.7 Å². The van der Waals surface area contributed by atoms with E-state index in [1.807, 2.05) is 19.9 Å². The SMILES string of the molecule is Cc1cc(C)c(C)c(S(=O)(=O)N(Cc2ccco2)C2CC(=O)N(c3ccc(F)cc3)C2=O)c1C. The van der Waals surface area contributed by atoms with Crippen LogP contribution in [0.3, 0.4) is 0 Å². The summed E-state index contributed by atoms with van der Waals surface area (Å²) in [6.07, 6.45) is 1.08. The Morgan fingerprint density at radius 2 is 1.65 bits per heavy atom. The van der Waals surface area contributed by atoms with Crippen LogP contribution in [0.5, 0.6) is 0 Å². The molecule has 1 fully saturated rings. The zero-order chi connectivity index (χ0) is 24.8. The van der Waals surface area contributed by atoms with Crippen LogP contribution in [0.2, 0.25) is 0 Å². The van der Waals surface area contributed by atoms with Gasteiger partial charge in [-0.05, 0) is 86.3 Å². The van der Waals surface area contributed by atoms with E-state index in [0.717, 1.165) is 32.5 Å². The number of hydrogen-bond acceptors (Lipinski definition) is 5. The van der Waals surface area contributed by atoms with Gasteiger partial charge in [0.2, 0.25) is 15.9 Å². The van der Waals surface area contributed by atoms with Crippen molar-refractivity contribution in [1.29, 1.82) is 0 Å². The van der Waals surface area contributed by atoms with Crippen molar-refractivity contribution in [2.45, 2.75) is 51.6 Å². The maximum absolute atomic E-state index is 14.1. The minimum Gasteiger partial charge on any atom is -0.468 e. The maximum Gasteiger partial charge on any atom is 0.252 e. The van der Waals surface area contributed by atoms with Gasteiger partial charge in [0.05, 0.1) is 29.8 Å². The fourth-order valence-electron chi connectivity index (χ4n) is 4.31. The molecule has 7 nitrogen and oxygen atoms in total. The zero-order valence-electron chi connectivity index (χ0n) is 19.3. The lowest BCUT2D eigenvalue weighted by Gasteiger charge is -2.28. The quantitative estimate of drug-likeness (QED) is 0.490. The van der Waals surface area contributed by atoms with Crippen molar-refractivity contribution in [2.75, 3.05) is 4.90 Å². The Bertz CT molecular complexity index is 1340. The van der Waals surface area contributed by atoms with Crippen molar-refractivity contribution in [2.24, 2.45) is 0 Å². The molecular formula is C25H25FN2O5S. The van der Waals surface area contributed by atoms with Gasteiger partial charge in [-0.15, -0.1) is 0 Å². The van der Waals surface area contributed by atoms with E-state index in [1.165, 1.54) is 18.4 Å². The highest BCUT2D eigenvalue weighted by atomic mass is 32.2. The predicted octanol–water partition coefficient (Wildman–Crippen LogP) is 4.18. The van der Waals surface area contributed by atoms with Crippen molar-refractivity contribution >= 4 is 27.5 Å². The van der Waals surface area contributed by atoms with Gasteiger partial charge >= 0.3 is 0 Å². The number of nitrogens with zero attached hydrogens (tertiary/aromatic N) is 2. The average Bonchev–Trinajstić information content (AvgIpc) is 3.39. The lowest BCUT2D eigenvalue weighted by atomic mass is 10.0. The standard InChI is InChI=1S/C25H25FN2O5S/c1-15-12-16(2)18(4)24(17(15)3)34(31,32)27(14-21-6-5-11-33-21)22-13-23(29)28(25(22)30)20-9-7-19(26)8-10-20/h5-12,22H,13-14H2,1-4H3. The Kier molecular flexibility index (Phi) is 6.18. The number of carbonyl (C=O) groups excluding carboxylic acids is 2. The highest BCUT2D eigenvalue weighted by molar-refractivity contribution is 7.89. The summed E-state index contributed by atoms with van der Waals surface area (Å²) in [7, 11) is -4.22. The van der Waals surface area contributed by atoms with E-state index in [4.69, 9.17) is 4.42 Å². The van der Waals surface area contributed by atoms with Crippen LogP contribution >= 0.6 is 0 Å². The zero-order valence-corrected chi connectivity index (χ0v) is 20.1. The van der Waals surface area contributed by atoms with E-state index < -0.39 is 33.7 Å². The molecule has 0 radical (unpaired) electrons. The molecule has 0 bridgehead atoms. The smallest absolute Gasteiger partial charge is 0.252 e. The molecule has 0 aliphatic carbocycles. The highest BCUT2D eigenvalue weighted by Gasteiger charge is 2.48. The molecule has 4 rings (SSSR count). The van der Waals surface area contributed by atoms with Crippen LogP contribution in [-0.2, 0) is 26.2 Å². The van der Waals surface area contributed by atoms with E-state index in [1.54, 1.807) is 26.0 Å². The molecule has 1 unspecified atom stereocenters. The van der Waals surface area contributed by atoms with Crippen LogP contribution in [0.25, 0.3) is 0 Å². The van der Waals surface area contributed by atoms with Crippen LogP contribution in [0, 0.1) is 33.5 Å². The Labute approximate surface area is 197 Å². The molecule has 1 atom stereocenters. The summed E-state index contributed by atoms with van der Waals surface area (Å²) in [6.45, 7) is 6.90. The first-order valence-electron chi connectivity index (χ1n) is 10.8. The predicted molar refractivity (Wildman–Crippen MR) is 124 cm³/mol. The third-order valence-electron chi connectivity index (χ3n) is 6.31. The van der Waals surface area contributed by atoms with Crippen molar-refractivity contribution in [3.63, 3.8) is 0 Å². The van der Waals surface area contributed by atoms with Gasteiger partial charge in [-0.1, -0.05) is 6.07 Å². The van der Waals surface area contributed by atoms with Gasteiger partial charge < -0.3 is 4.42 Å². The van der Waals surface area contributed by atoms with E-state index in [9.17, 15) is 22.4 Å². The Morgan fingerprint density at radius 1 is 1.03 bits per heavy atom.